The first-order chi connectivity index (χ1) is 13.3. The number of nitrogens with one attached hydrogen (secondary N) is 3. The second-order valence-electron chi connectivity index (χ2n) is 5.79. The van der Waals surface area contributed by atoms with Gasteiger partial charge in [0.25, 0.3) is 0 Å². The summed E-state index contributed by atoms with van der Waals surface area (Å²) in [6.45, 7) is 0. The number of aromatic nitrogens is 2. The van der Waals surface area contributed by atoms with Crippen LogP contribution in [0, 0.1) is 0 Å². The van der Waals surface area contributed by atoms with Crippen molar-refractivity contribution in [1.29, 1.82) is 0 Å². The van der Waals surface area contributed by atoms with Crippen molar-refractivity contribution >= 4 is 62.9 Å². The summed E-state index contributed by atoms with van der Waals surface area (Å²) in [5, 5.41) is 6.40. The molecule has 0 aliphatic heterocycles. The molecule has 11 heteroatoms. The number of rotatable bonds is 7. The third kappa shape index (κ3) is 6.38. The highest BCUT2D eigenvalue weighted by Crippen LogP contribution is 2.29. The summed E-state index contributed by atoms with van der Waals surface area (Å²) in [5.74, 6) is 1.39. The molecule has 0 atom stereocenters. The predicted octanol–water partition coefficient (Wildman–Crippen LogP) is 4.42. The van der Waals surface area contributed by atoms with E-state index in [1.807, 2.05) is 24.3 Å². The van der Waals surface area contributed by atoms with Crippen molar-refractivity contribution in [2.45, 2.75) is 0 Å². The molecule has 1 aromatic heterocycles. The van der Waals surface area contributed by atoms with Crippen LogP contribution in [0.4, 0.5) is 28.8 Å². The van der Waals surface area contributed by atoms with Crippen LogP contribution in [-0.2, 0) is 10.0 Å². The molecule has 0 fully saturated rings. The molecule has 0 aliphatic carbocycles. The van der Waals surface area contributed by atoms with Crippen LogP contribution >= 0.6 is 24.0 Å². The summed E-state index contributed by atoms with van der Waals surface area (Å²) >= 11 is 6.20. The van der Waals surface area contributed by atoms with Gasteiger partial charge in [-0.1, -0.05) is 23.7 Å². The smallest absolute Gasteiger partial charge is 0.229 e. The second kappa shape index (κ2) is 9.64. The number of hydrogen-bond donors (Lipinski definition) is 3. The van der Waals surface area contributed by atoms with Crippen molar-refractivity contribution in [2.24, 2.45) is 0 Å². The average molecular weight is 456 g/mol. The fourth-order valence-electron chi connectivity index (χ4n) is 2.33. The maximum atomic E-state index is 11.6. The van der Waals surface area contributed by atoms with Gasteiger partial charge in [0.2, 0.25) is 16.0 Å². The molecule has 0 spiro atoms. The molecule has 1 heterocycles. The van der Waals surface area contributed by atoms with Gasteiger partial charge < -0.3 is 15.4 Å². The van der Waals surface area contributed by atoms with Crippen LogP contribution < -0.4 is 20.1 Å². The maximum absolute atomic E-state index is 11.6. The zero-order valence-corrected chi connectivity index (χ0v) is 17.9. The number of hydrogen-bond acceptors (Lipinski definition) is 7. The summed E-state index contributed by atoms with van der Waals surface area (Å²) in [6, 6.07) is 14.1. The van der Waals surface area contributed by atoms with Crippen molar-refractivity contribution in [3.05, 3.63) is 59.8 Å². The fourth-order valence-corrected chi connectivity index (χ4v) is 3.04. The molecule has 8 nitrogen and oxygen atoms in total. The molecular weight excluding hydrogens is 437 g/mol. The minimum Gasteiger partial charge on any atom is -0.497 e. The Labute approximate surface area is 180 Å². The van der Waals surface area contributed by atoms with Crippen LogP contribution in [0.3, 0.4) is 0 Å². The topological polar surface area (TPSA) is 105 Å². The summed E-state index contributed by atoms with van der Waals surface area (Å²) in [4.78, 5) is 8.53. The van der Waals surface area contributed by atoms with Gasteiger partial charge in [0, 0.05) is 5.69 Å². The predicted molar refractivity (Wildman–Crippen MR) is 119 cm³/mol. The van der Waals surface area contributed by atoms with E-state index in [2.05, 4.69) is 25.3 Å². The summed E-state index contributed by atoms with van der Waals surface area (Å²) in [7, 11) is -1.84. The highest BCUT2D eigenvalue weighted by Gasteiger charge is 2.11. The van der Waals surface area contributed by atoms with Gasteiger partial charge in [0.15, 0.2) is 5.82 Å². The van der Waals surface area contributed by atoms with Crippen LogP contribution in [0.1, 0.15) is 0 Å². The lowest BCUT2D eigenvalue weighted by Gasteiger charge is -2.14. The van der Waals surface area contributed by atoms with Crippen LogP contribution in [0.25, 0.3) is 0 Å². The third-order valence-electron chi connectivity index (χ3n) is 3.57. The largest absolute Gasteiger partial charge is 0.497 e. The number of para-hydroxylation sites is 2. The standard InChI is InChI=1S/C18H18ClN5O3S.ClH/c1-27-13-9-7-12(8-10-13)21-18-20-11-14(19)17(23-18)22-15-5-3-4-6-16(15)24-28(2,25)26;/h3-11,24H,1-2H3,(H2,20,21,22,23);1H. The number of halogens is 2. The Morgan fingerprint density at radius 2 is 1.66 bits per heavy atom. The van der Waals surface area contributed by atoms with Crippen molar-refractivity contribution in [1.82, 2.24) is 9.97 Å². The van der Waals surface area contributed by atoms with E-state index in [1.54, 1.807) is 31.4 Å². The van der Waals surface area contributed by atoms with Gasteiger partial charge in [0.1, 0.15) is 10.8 Å². The van der Waals surface area contributed by atoms with E-state index in [9.17, 15) is 8.42 Å². The van der Waals surface area contributed by atoms with E-state index in [-0.39, 0.29) is 17.4 Å². The second-order valence-corrected chi connectivity index (χ2v) is 7.94. The van der Waals surface area contributed by atoms with E-state index in [4.69, 9.17) is 16.3 Å². The Morgan fingerprint density at radius 1 is 1.00 bits per heavy atom. The molecule has 2 aromatic carbocycles. The molecule has 0 aliphatic rings. The molecule has 0 unspecified atom stereocenters. The molecule has 0 radical (unpaired) electrons. The van der Waals surface area contributed by atoms with Gasteiger partial charge in [-0.25, -0.2) is 13.4 Å². The molecule has 3 rings (SSSR count). The van der Waals surface area contributed by atoms with Gasteiger partial charge in [-0.05, 0) is 36.4 Å². The first-order valence-corrected chi connectivity index (χ1v) is 10.4. The molecule has 0 saturated carbocycles. The van der Waals surface area contributed by atoms with Crippen molar-refractivity contribution in [3.63, 3.8) is 0 Å². The Hall–Kier alpha value is -2.75. The minimum absolute atomic E-state index is 0. The quantitative estimate of drug-likeness (QED) is 0.483. The normalized spacial score (nSPS) is 10.6. The number of ether oxygens (including phenoxy) is 1. The van der Waals surface area contributed by atoms with E-state index < -0.39 is 10.0 Å². The molecule has 29 heavy (non-hydrogen) atoms. The molecule has 154 valence electrons. The Bertz CT molecular complexity index is 1080. The monoisotopic (exact) mass is 455 g/mol. The van der Waals surface area contributed by atoms with E-state index in [0.717, 1.165) is 17.7 Å². The first kappa shape index (κ1) is 22.5. The maximum Gasteiger partial charge on any atom is 0.229 e. The molecule has 0 bridgehead atoms. The third-order valence-corrected chi connectivity index (χ3v) is 4.43. The number of methoxy groups -OCH3 is 1. The average Bonchev–Trinajstić information content (AvgIpc) is 2.65. The summed E-state index contributed by atoms with van der Waals surface area (Å²) in [5.41, 5.74) is 1.65. The zero-order valence-electron chi connectivity index (χ0n) is 15.5. The van der Waals surface area contributed by atoms with Crippen molar-refractivity contribution in [3.8, 4) is 5.75 Å². The molecule has 0 saturated heterocycles. The Kier molecular flexibility index (Phi) is 7.49. The van der Waals surface area contributed by atoms with Gasteiger partial charge >= 0.3 is 0 Å². The van der Waals surface area contributed by atoms with Crippen LogP contribution in [-0.4, -0.2) is 31.8 Å². The lowest BCUT2D eigenvalue weighted by atomic mass is 10.2. The molecule has 3 aromatic rings. The summed E-state index contributed by atoms with van der Waals surface area (Å²) < 4.78 is 30.7. The van der Waals surface area contributed by atoms with E-state index >= 15 is 0 Å². The molecule has 0 amide bonds. The molecular formula is C18H19Cl2N5O3S. The van der Waals surface area contributed by atoms with Gasteiger partial charge in [-0.3, -0.25) is 4.72 Å². The van der Waals surface area contributed by atoms with Gasteiger partial charge in [-0.15, -0.1) is 12.4 Å². The lowest BCUT2D eigenvalue weighted by Crippen LogP contribution is -2.11. The Morgan fingerprint density at radius 3 is 2.28 bits per heavy atom. The van der Waals surface area contributed by atoms with Crippen LogP contribution in [0.2, 0.25) is 5.02 Å². The van der Waals surface area contributed by atoms with E-state index in [0.29, 0.717) is 23.1 Å². The summed E-state index contributed by atoms with van der Waals surface area (Å²) in [6.07, 6.45) is 2.54. The van der Waals surface area contributed by atoms with Gasteiger partial charge in [-0.2, -0.15) is 4.98 Å². The van der Waals surface area contributed by atoms with Crippen LogP contribution in [0.5, 0.6) is 5.75 Å². The zero-order chi connectivity index (χ0) is 20.1. The highest BCUT2D eigenvalue weighted by atomic mass is 35.5. The van der Waals surface area contributed by atoms with E-state index in [1.165, 1.54) is 6.20 Å². The number of benzene rings is 2. The number of sulfonamides is 1. The van der Waals surface area contributed by atoms with Gasteiger partial charge in [0.05, 0.1) is 30.9 Å². The molecule has 3 N–H and O–H groups in total. The first-order valence-electron chi connectivity index (χ1n) is 8.11. The fraction of sp³-hybridized carbons (Fsp3) is 0.111. The lowest BCUT2D eigenvalue weighted by molar-refractivity contribution is 0.415. The van der Waals surface area contributed by atoms with Crippen molar-refractivity contribution < 1.29 is 13.2 Å². The Balaban J connectivity index is 0.00000300. The highest BCUT2D eigenvalue weighted by molar-refractivity contribution is 7.92. The number of anilines is 5. The minimum atomic E-state index is -3.44. The van der Waals surface area contributed by atoms with Crippen molar-refractivity contribution in [2.75, 3.05) is 28.7 Å². The SMILES string of the molecule is COc1ccc(Nc2ncc(Cl)c(Nc3ccccc3NS(C)(=O)=O)n2)cc1.Cl. The number of nitrogens with zero attached hydrogens (tertiary/aromatic N) is 2. The van der Waals surface area contributed by atoms with Crippen LogP contribution in [0.15, 0.2) is 54.7 Å².